The number of ketones is 1. The Kier molecular flexibility index (Phi) is 7.36. The van der Waals surface area contributed by atoms with E-state index < -0.39 is 0 Å². The first-order valence-corrected chi connectivity index (χ1v) is 6.70. The van der Waals surface area contributed by atoms with Crippen LogP contribution in [0.15, 0.2) is 18.2 Å². The van der Waals surface area contributed by atoms with Crippen molar-refractivity contribution in [1.82, 2.24) is 4.90 Å². The van der Waals surface area contributed by atoms with Gasteiger partial charge in [0.05, 0.1) is 13.2 Å². The maximum Gasteiger partial charge on any atom is 0.164 e. The molecule has 0 aliphatic carbocycles. The van der Waals surface area contributed by atoms with E-state index in [1.54, 1.807) is 26.2 Å². The molecule has 0 radical (unpaired) electrons. The molecule has 0 fully saturated rings. The zero-order valence-electron chi connectivity index (χ0n) is 12.1. The lowest BCUT2D eigenvalue weighted by Crippen LogP contribution is -2.32. The monoisotopic (exact) mass is 283 g/mol. The minimum Gasteiger partial charge on any atom is -0.395 e. The highest BCUT2D eigenvalue weighted by Gasteiger charge is 2.11. The summed E-state index contributed by atoms with van der Waals surface area (Å²) in [6, 6.07) is 4.54. The molecule has 0 aromatic heterocycles. The van der Waals surface area contributed by atoms with Crippen LogP contribution in [0.1, 0.15) is 22.3 Å². The zero-order valence-corrected chi connectivity index (χ0v) is 12.1. The number of nitrogens with zero attached hydrogens (tertiary/aromatic N) is 1. The molecule has 1 N–H and O–H groups in total. The molecule has 0 amide bonds. The number of benzene rings is 1. The molecule has 1 aromatic carbocycles. The van der Waals surface area contributed by atoms with Crippen LogP contribution >= 0.6 is 0 Å². The summed E-state index contributed by atoms with van der Waals surface area (Å²) in [5.74, 6) is -0.452. The van der Waals surface area contributed by atoms with E-state index in [9.17, 15) is 9.18 Å². The highest BCUT2D eigenvalue weighted by atomic mass is 19.1. The van der Waals surface area contributed by atoms with Crippen LogP contribution in [0.4, 0.5) is 4.39 Å². The Labute approximate surface area is 119 Å². The number of rotatable bonds is 9. The predicted molar refractivity (Wildman–Crippen MR) is 75.5 cm³/mol. The van der Waals surface area contributed by atoms with Crippen molar-refractivity contribution >= 4 is 5.78 Å². The van der Waals surface area contributed by atoms with Gasteiger partial charge in [0.15, 0.2) is 5.78 Å². The van der Waals surface area contributed by atoms with Gasteiger partial charge in [0.25, 0.3) is 0 Å². The molecule has 0 aliphatic heterocycles. The Morgan fingerprint density at radius 1 is 1.35 bits per heavy atom. The molecule has 5 heteroatoms. The van der Waals surface area contributed by atoms with Gasteiger partial charge in [-0.1, -0.05) is 12.1 Å². The van der Waals surface area contributed by atoms with E-state index in [4.69, 9.17) is 9.84 Å². The number of ether oxygens (including phenoxy) is 1. The van der Waals surface area contributed by atoms with E-state index in [0.29, 0.717) is 43.8 Å². The lowest BCUT2D eigenvalue weighted by molar-refractivity contribution is 0.0933. The van der Waals surface area contributed by atoms with Crippen molar-refractivity contribution in [3.8, 4) is 0 Å². The summed E-state index contributed by atoms with van der Waals surface area (Å²) in [5, 5.41) is 8.97. The Hall–Kier alpha value is -1.30. The Balaban J connectivity index is 2.53. The second-order valence-corrected chi connectivity index (χ2v) is 4.70. The number of aliphatic hydroxyl groups excluding tert-OH is 1. The zero-order chi connectivity index (χ0) is 15.0. The summed E-state index contributed by atoms with van der Waals surface area (Å²) >= 11 is 0. The first kappa shape index (κ1) is 16.8. The van der Waals surface area contributed by atoms with E-state index in [-0.39, 0.29) is 18.2 Å². The number of halogens is 1. The molecular weight excluding hydrogens is 261 g/mol. The molecule has 0 bridgehead atoms. The number of hydrogen-bond donors (Lipinski definition) is 1. The van der Waals surface area contributed by atoms with Crippen molar-refractivity contribution in [3.63, 3.8) is 0 Å². The van der Waals surface area contributed by atoms with Gasteiger partial charge in [0, 0.05) is 38.7 Å². The second-order valence-electron chi connectivity index (χ2n) is 4.70. The van der Waals surface area contributed by atoms with Crippen molar-refractivity contribution in [1.29, 1.82) is 0 Å². The summed E-state index contributed by atoms with van der Waals surface area (Å²) in [4.78, 5) is 14.0. The van der Waals surface area contributed by atoms with E-state index in [1.165, 1.54) is 6.07 Å². The van der Waals surface area contributed by atoms with Crippen molar-refractivity contribution in [2.75, 3.05) is 40.0 Å². The first-order valence-electron chi connectivity index (χ1n) is 6.70. The molecule has 0 atom stereocenters. The van der Waals surface area contributed by atoms with Gasteiger partial charge in [0.1, 0.15) is 5.82 Å². The topological polar surface area (TPSA) is 49.8 Å². The minimum absolute atomic E-state index is 0.0388. The average Bonchev–Trinajstić information content (AvgIpc) is 2.44. The quantitative estimate of drug-likeness (QED) is 0.700. The van der Waals surface area contributed by atoms with Gasteiger partial charge in [-0.2, -0.15) is 0 Å². The highest BCUT2D eigenvalue weighted by molar-refractivity contribution is 5.96. The molecule has 1 rings (SSSR count). The van der Waals surface area contributed by atoms with Gasteiger partial charge in [-0.3, -0.25) is 9.69 Å². The van der Waals surface area contributed by atoms with E-state index in [0.717, 1.165) is 0 Å². The largest absolute Gasteiger partial charge is 0.395 e. The van der Waals surface area contributed by atoms with Crippen LogP contribution in [0, 0.1) is 12.7 Å². The maximum absolute atomic E-state index is 13.4. The fraction of sp³-hybridized carbons (Fsp3) is 0.533. The number of aliphatic hydroxyl groups is 1. The van der Waals surface area contributed by atoms with Crippen LogP contribution in [0.25, 0.3) is 0 Å². The van der Waals surface area contributed by atoms with Gasteiger partial charge < -0.3 is 9.84 Å². The molecule has 0 spiro atoms. The number of carbonyl (C=O) groups excluding carboxylic acids is 1. The summed E-state index contributed by atoms with van der Waals surface area (Å²) in [6.07, 6.45) is 0.298. The third-order valence-corrected chi connectivity index (χ3v) is 3.18. The van der Waals surface area contributed by atoms with Gasteiger partial charge in [0.2, 0.25) is 0 Å². The molecule has 112 valence electrons. The van der Waals surface area contributed by atoms with Crippen LogP contribution in [-0.4, -0.2) is 55.7 Å². The van der Waals surface area contributed by atoms with Gasteiger partial charge in [-0.15, -0.1) is 0 Å². The van der Waals surface area contributed by atoms with Crippen LogP contribution in [0.5, 0.6) is 0 Å². The number of hydrogen-bond acceptors (Lipinski definition) is 4. The van der Waals surface area contributed by atoms with Crippen molar-refractivity contribution in [2.24, 2.45) is 0 Å². The summed E-state index contributed by atoms with van der Waals surface area (Å²) in [6.45, 7) is 3.94. The molecular formula is C15H22FNO3. The number of methoxy groups -OCH3 is 1. The molecule has 4 nitrogen and oxygen atoms in total. The number of carbonyl (C=O) groups is 1. The second kappa shape index (κ2) is 8.79. The van der Waals surface area contributed by atoms with E-state index in [1.807, 2.05) is 4.90 Å². The average molecular weight is 283 g/mol. The molecule has 0 aliphatic rings. The van der Waals surface area contributed by atoms with Gasteiger partial charge in [-0.05, 0) is 18.6 Å². The van der Waals surface area contributed by atoms with Gasteiger partial charge in [-0.25, -0.2) is 4.39 Å². The Bertz CT molecular complexity index is 437. The van der Waals surface area contributed by atoms with E-state index in [2.05, 4.69) is 0 Å². The summed E-state index contributed by atoms with van der Waals surface area (Å²) < 4.78 is 18.4. The van der Waals surface area contributed by atoms with Crippen LogP contribution < -0.4 is 0 Å². The summed E-state index contributed by atoms with van der Waals surface area (Å²) in [5.41, 5.74) is 0.923. The third kappa shape index (κ3) is 5.36. The predicted octanol–water partition coefficient (Wildman–Crippen LogP) is 1.65. The molecule has 1 aromatic rings. The number of aryl methyl sites for hydroxylation is 1. The third-order valence-electron chi connectivity index (χ3n) is 3.18. The smallest absolute Gasteiger partial charge is 0.164 e. The molecule has 0 saturated heterocycles. The van der Waals surface area contributed by atoms with Crippen LogP contribution in [0.2, 0.25) is 0 Å². The van der Waals surface area contributed by atoms with Crippen molar-refractivity contribution < 1.29 is 19.0 Å². The molecule has 0 unspecified atom stereocenters. The minimum atomic E-state index is -0.359. The molecule has 0 heterocycles. The van der Waals surface area contributed by atoms with Crippen molar-refractivity contribution in [2.45, 2.75) is 13.3 Å². The maximum atomic E-state index is 13.4. The lowest BCUT2D eigenvalue weighted by Gasteiger charge is -2.20. The fourth-order valence-corrected chi connectivity index (χ4v) is 1.87. The Morgan fingerprint density at radius 2 is 2.10 bits per heavy atom. The first-order chi connectivity index (χ1) is 9.58. The lowest BCUT2D eigenvalue weighted by atomic mass is 10.1. The molecule has 20 heavy (non-hydrogen) atoms. The normalized spacial score (nSPS) is 11.1. The standard InChI is InChI=1S/C15H22FNO3/c1-12-3-4-13(11-14(12)16)15(19)5-6-17(7-9-18)8-10-20-2/h3-4,11,18H,5-10H2,1-2H3. The van der Waals surface area contributed by atoms with E-state index >= 15 is 0 Å². The Morgan fingerprint density at radius 3 is 2.70 bits per heavy atom. The van der Waals surface area contributed by atoms with Crippen molar-refractivity contribution in [3.05, 3.63) is 35.1 Å². The van der Waals surface area contributed by atoms with Crippen LogP contribution in [-0.2, 0) is 4.74 Å². The number of Topliss-reactive ketones (excluding diaryl/α,β-unsaturated/α-hetero) is 1. The van der Waals surface area contributed by atoms with Crippen LogP contribution in [0.3, 0.4) is 0 Å². The molecule has 0 saturated carbocycles. The fourth-order valence-electron chi connectivity index (χ4n) is 1.87. The highest BCUT2D eigenvalue weighted by Crippen LogP contribution is 2.11. The summed E-state index contributed by atoms with van der Waals surface area (Å²) in [7, 11) is 1.61. The van der Waals surface area contributed by atoms with Gasteiger partial charge >= 0.3 is 0 Å². The SMILES string of the molecule is COCCN(CCO)CCC(=O)c1ccc(C)c(F)c1.